The molecule has 3 heterocycles. The molecule has 1 N–H and O–H groups in total. The predicted molar refractivity (Wildman–Crippen MR) is 188 cm³/mol. The molecule has 1 aromatic carbocycles. The van der Waals surface area contributed by atoms with Crippen molar-refractivity contribution in [2.75, 3.05) is 24.5 Å². The summed E-state index contributed by atoms with van der Waals surface area (Å²) in [6.07, 6.45) is 15.6. The van der Waals surface area contributed by atoms with Crippen molar-refractivity contribution in [3.8, 4) is 11.3 Å². The zero-order valence-corrected chi connectivity index (χ0v) is 29.6. The van der Waals surface area contributed by atoms with Crippen LogP contribution in [0.5, 0.6) is 0 Å². The molecule has 2 aromatic heterocycles. The summed E-state index contributed by atoms with van der Waals surface area (Å²) in [7, 11) is 0. The number of carbonyl (C=O) groups excluding carboxylic acids is 2. The Morgan fingerprint density at radius 1 is 0.939 bits per heavy atom. The summed E-state index contributed by atoms with van der Waals surface area (Å²) in [6, 6.07) is 9.59. The molecule has 262 valence electrons. The summed E-state index contributed by atoms with van der Waals surface area (Å²) < 4.78 is 7.66. The molecular weight excluding hydrogens is 616 g/mol. The number of aliphatic hydroxyl groups is 1. The van der Waals surface area contributed by atoms with Gasteiger partial charge >= 0.3 is 6.09 Å². The van der Waals surface area contributed by atoms with E-state index < -0.39 is 6.10 Å². The number of rotatable bonds is 9. The van der Waals surface area contributed by atoms with Gasteiger partial charge in [-0.25, -0.2) is 9.78 Å². The third-order valence-electron chi connectivity index (χ3n) is 12.1. The zero-order valence-electron chi connectivity index (χ0n) is 29.6. The zero-order chi connectivity index (χ0) is 34.3. The Morgan fingerprint density at radius 3 is 2.20 bits per heavy atom. The van der Waals surface area contributed by atoms with E-state index in [0.717, 1.165) is 44.1 Å². The molecule has 1 aliphatic heterocycles. The molecule has 0 spiro atoms. The molecule has 2 amide bonds. The van der Waals surface area contributed by atoms with Crippen LogP contribution in [0.25, 0.3) is 11.3 Å². The van der Waals surface area contributed by atoms with E-state index in [2.05, 4.69) is 62.0 Å². The first-order valence-electron chi connectivity index (χ1n) is 18.5. The summed E-state index contributed by atoms with van der Waals surface area (Å²) >= 11 is 0. The quantitative estimate of drug-likeness (QED) is 0.260. The molecule has 5 aliphatic rings. The van der Waals surface area contributed by atoms with Crippen LogP contribution in [0.4, 0.5) is 10.6 Å². The maximum atomic E-state index is 14.6. The van der Waals surface area contributed by atoms with Gasteiger partial charge in [-0.15, -0.1) is 0 Å². The van der Waals surface area contributed by atoms with Crippen molar-refractivity contribution >= 4 is 17.8 Å². The van der Waals surface area contributed by atoms with Crippen LogP contribution in [0.3, 0.4) is 0 Å². The molecule has 0 atom stereocenters. The van der Waals surface area contributed by atoms with Gasteiger partial charge in [0.1, 0.15) is 6.10 Å². The summed E-state index contributed by atoms with van der Waals surface area (Å²) in [5.41, 5.74) is 4.73. The summed E-state index contributed by atoms with van der Waals surface area (Å²) in [5.74, 6) is 1.06. The first-order valence-corrected chi connectivity index (χ1v) is 18.5. The van der Waals surface area contributed by atoms with Gasteiger partial charge in [-0.05, 0) is 106 Å². The van der Waals surface area contributed by atoms with Gasteiger partial charge in [-0.3, -0.25) is 19.4 Å². The van der Waals surface area contributed by atoms with Gasteiger partial charge in [-0.1, -0.05) is 38.1 Å². The molecule has 2 bridgehead atoms. The topological polar surface area (TPSA) is 114 Å². The molecule has 0 unspecified atom stereocenters. The van der Waals surface area contributed by atoms with Gasteiger partial charge in [0.05, 0.1) is 43.5 Å². The maximum absolute atomic E-state index is 14.6. The van der Waals surface area contributed by atoms with Gasteiger partial charge in [0.2, 0.25) is 5.91 Å². The lowest BCUT2D eigenvalue weighted by Crippen LogP contribution is -2.54. The largest absolute Gasteiger partial charge is 0.446 e. The lowest BCUT2D eigenvalue weighted by molar-refractivity contribution is -0.124. The van der Waals surface area contributed by atoms with E-state index in [1.807, 2.05) is 22.0 Å². The lowest BCUT2D eigenvalue weighted by Gasteiger charge is -2.55. The number of ether oxygens (including phenoxy) is 1. The van der Waals surface area contributed by atoms with Crippen LogP contribution in [0.2, 0.25) is 0 Å². The molecule has 4 saturated carbocycles. The smallest absolute Gasteiger partial charge is 0.410 e. The Labute approximate surface area is 290 Å². The Hall–Kier alpha value is -3.79. The number of nitrogens with zero attached hydrogens (tertiary/aromatic N) is 6. The summed E-state index contributed by atoms with van der Waals surface area (Å²) in [6.45, 7) is 9.97. The van der Waals surface area contributed by atoms with Crippen molar-refractivity contribution in [3.63, 3.8) is 0 Å². The fourth-order valence-electron chi connectivity index (χ4n) is 8.61. The molecule has 1 saturated heterocycles. The van der Waals surface area contributed by atoms with E-state index in [1.54, 1.807) is 12.4 Å². The van der Waals surface area contributed by atoms with Gasteiger partial charge in [0, 0.05) is 30.3 Å². The molecular formula is C39H52N6O4. The third-order valence-corrected chi connectivity index (χ3v) is 12.1. The minimum Gasteiger partial charge on any atom is -0.446 e. The van der Waals surface area contributed by atoms with Crippen molar-refractivity contribution in [1.29, 1.82) is 0 Å². The molecule has 3 aromatic rings. The number of amides is 2. The number of hydrogen-bond acceptors (Lipinski definition) is 7. The number of β-amino-alcohol motifs (C(OH)–C–C–N with tert-alkyl or cyclic N) is 1. The lowest BCUT2D eigenvalue weighted by atomic mass is 9.51. The average Bonchev–Trinajstić information content (AvgIpc) is 3.62. The number of hydrogen-bond donors (Lipinski definition) is 1. The molecule has 10 heteroatoms. The molecule has 5 fully saturated rings. The Morgan fingerprint density at radius 2 is 1.61 bits per heavy atom. The first-order chi connectivity index (χ1) is 23.5. The van der Waals surface area contributed by atoms with Crippen LogP contribution < -0.4 is 4.90 Å². The predicted octanol–water partition coefficient (Wildman–Crippen LogP) is 7.04. The van der Waals surface area contributed by atoms with E-state index >= 15 is 0 Å². The highest BCUT2D eigenvalue weighted by molar-refractivity contribution is 5.94. The summed E-state index contributed by atoms with van der Waals surface area (Å²) in [4.78, 5) is 40.2. The monoisotopic (exact) mass is 668 g/mol. The first kappa shape index (κ1) is 33.7. The van der Waals surface area contributed by atoms with E-state index in [9.17, 15) is 14.7 Å². The number of carbonyl (C=O) groups is 2. The highest BCUT2D eigenvalue weighted by atomic mass is 16.6. The standard InChI is InChI=1S/C39H52N6O4/c1-26(2)28-5-9-31(10-6-28)39-16-13-38(14-17-39,15-18-39)25-44(35-21-40-20-34(42-35)30-19-41-45(22-30)27(3)4)36(47)29-7-11-33(12-8-29)49-37(48)43-23-32(46)24-43/h5-6,9-10,19-22,26-27,29,32-33,46H,7-8,11-18,23-25H2,1-4H3. The minimum atomic E-state index is -0.458. The van der Waals surface area contributed by atoms with Crippen LogP contribution in [0, 0.1) is 11.3 Å². The molecule has 8 rings (SSSR count). The molecule has 10 nitrogen and oxygen atoms in total. The van der Waals surface area contributed by atoms with Gasteiger partial charge in [-0.2, -0.15) is 5.10 Å². The number of likely N-dealkylation sites (tertiary alicyclic amines) is 1. The van der Waals surface area contributed by atoms with Crippen LogP contribution in [0.15, 0.2) is 49.1 Å². The van der Waals surface area contributed by atoms with Crippen LogP contribution in [-0.4, -0.2) is 73.6 Å². The summed E-state index contributed by atoms with van der Waals surface area (Å²) in [5, 5.41) is 14.1. The Kier molecular flexibility index (Phi) is 9.28. The van der Waals surface area contributed by atoms with Gasteiger partial charge in [0.25, 0.3) is 0 Å². The average molecular weight is 669 g/mol. The number of aromatic nitrogens is 4. The van der Waals surface area contributed by atoms with Crippen molar-refractivity contribution < 1.29 is 19.4 Å². The minimum absolute atomic E-state index is 0.0456. The van der Waals surface area contributed by atoms with E-state index in [0.29, 0.717) is 62.7 Å². The maximum Gasteiger partial charge on any atom is 0.410 e. The van der Waals surface area contributed by atoms with Crippen LogP contribution in [0.1, 0.15) is 115 Å². The Balaban J connectivity index is 1.09. The SMILES string of the molecule is CC(C)c1ccc(C23CCC(CN(C(=O)C4CCC(OC(=O)N5CC(O)C5)CC4)c4cncc(-c5cnn(C(C)C)c5)n4)(CC2)CC3)cc1. The van der Waals surface area contributed by atoms with Crippen molar-refractivity contribution in [3.05, 3.63) is 60.2 Å². The van der Waals surface area contributed by atoms with Crippen molar-refractivity contribution in [2.24, 2.45) is 11.3 Å². The third kappa shape index (κ3) is 6.85. The van der Waals surface area contributed by atoms with Gasteiger partial charge < -0.3 is 14.7 Å². The number of anilines is 1. The second-order valence-corrected chi connectivity index (χ2v) is 16.0. The van der Waals surface area contributed by atoms with E-state index in [-0.39, 0.29) is 40.9 Å². The van der Waals surface area contributed by atoms with E-state index in [4.69, 9.17) is 9.72 Å². The second kappa shape index (κ2) is 13.5. The van der Waals surface area contributed by atoms with Crippen LogP contribution in [-0.2, 0) is 14.9 Å². The van der Waals surface area contributed by atoms with E-state index in [1.165, 1.54) is 16.0 Å². The number of aliphatic hydroxyl groups excluding tert-OH is 1. The van der Waals surface area contributed by atoms with Crippen molar-refractivity contribution in [1.82, 2.24) is 24.6 Å². The number of benzene rings is 1. The number of fused-ring (bicyclic) bond motifs is 3. The second-order valence-electron chi connectivity index (χ2n) is 16.0. The molecule has 49 heavy (non-hydrogen) atoms. The van der Waals surface area contributed by atoms with Crippen molar-refractivity contribution in [2.45, 2.75) is 121 Å². The fraction of sp³-hybridized carbons (Fsp3) is 0.615. The molecule has 4 aliphatic carbocycles. The normalized spacial score (nSPS) is 27.0. The highest BCUT2D eigenvalue weighted by Gasteiger charge is 2.51. The fourth-order valence-corrected chi connectivity index (χ4v) is 8.61. The Bertz CT molecular complexity index is 1610. The molecule has 0 radical (unpaired) electrons. The highest BCUT2D eigenvalue weighted by Crippen LogP contribution is 2.58. The van der Waals surface area contributed by atoms with Crippen LogP contribution >= 0.6 is 0 Å². The van der Waals surface area contributed by atoms with Gasteiger partial charge in [0.15, 0.2) is 5.82 Å².